The highest BCUT2D eigenvalue weighted by atomic mass is 32.2. The predicted octanol–water partition coefficient (Wildman–Crippen LogP) is 4.86. The van der Waals surface area contributed by atoms with Gasteiger partial charge < -0.3 is 14.6 Å². The molecule has 0 saturated heterocycles. The Kier molecular flexibility index (Phi) is 7.87. The van der Waals surface area contributed by atoms with Gasteiger partial charge in [0.25, 0.3) is 0 Å². The number of nitrogens with zero attached hydrogens (tertiary/aromatic N) is 1. The summed E-state index contributed by atoms with van der Waals surface area (Å²) in [6.45, 7) is 0.331. The van der Waals surface area contributed by atoms with Gasteiger partial charge in [-0.3, -0.25) is 9.69 Å². The van der Waals surface area contributed by atoms with Crippen molar-refractivity contribution in [3.63, 3.8) is 0 Å². The maximum Gasteiger partial charge on any atom is 0.317 e. The molecule has 0 amide bonds. The summed E-state index contributed by atoms with van der Waals surface area (Å²) in [5, 5.41) is 10.8. The molecule has 1 unspecified atom stereocenters. The van der Waals surface area contributed by atoms with Crippen LogP contribution in [0.5, 0.6) is 11.5 Å². The average molecular weight is 506 g/mol. The van der Waals surface area contributed by atoms with Crippen molar-refractivity contribution in [3.05, 3.63) is 97.1 Å². The topological polar surface area (TPSA) is 93.1 Å². The fraction of sp³-hybridized carbons (Fsp3) is 0.179. The van der Waals surface area contributed by atoms with Gasteiger partial charge >= 0.3 is 5.97 Å². The van der Waals surface area contributed by atoms with E-state index in [4.69, 9.17) is 14.6 Å². The highest BCUT2D eigenvalue weighted by Gasteiger charge is 2.19. The number of hydrogen-bond donors (Lipinski definition) is 1. The van der Waals surface area contributed by atoms with Gasteiger partial charge in [0.05, 0.1) is 16.3 Å². The van der Waals surface area contributed by atoms with E-state index >= 15 is 0 Å². The third-order valence-corrected chi connectivity index (χ3v) is 7.36. The minimum absolute atomic E-state index is 0.0978. The lowest BCUT2D eigenvalue weighted by Crippen LogP contribution is -2.32. The average Bonchev–Trinajstić information content (AvgIpc) is 2.87. The van der Waals surface area contributed by atoms with Crippen molar-refractivity contribution in [2.45, 2.75) is 22.5 Å². The van der Waals surface area contributed by atoms with E-state index in [2.05, 4.69) is 0 Å². The fourth-order valence-electron chi connectivity index (χ4n) is 3.75. The molecule has 0 aliphatic carbocycles. The first kappa shape index (κ1) is 25.2. The number of carboxylic acid groups (broad SMARTS) is 1. The zero-order chi connectivity index (χ0) is 25.5. The molecule has 0 aliphatic rings. The smallest absolute Gasteiger partial charge is 0.317 e. The van der Waals surface area contributed by atoms with E-state index in [1.165, 1.54) is 12.1 Å². The normalized spacial score (nSPS) is 12.4. The van der Waals surface area contributed by atoms with E-state index in [1.807, 2.05) is 42.5 Å². The second-order valence-electron chi connectivity index (χ2n) is 8.38. The molecule has 0 aromatic heterocycles. The van der Waals surface area contributed by atoms with Gasteiger partial charge in [-0.1, -0.05) is 48.5 Å². The van der Waals surface area contributed by atoms with E-state index in [9.17, 15) is 13.2 Å². The van der Waals surface area contributed by atoms with Gasteiger partial charge in [0.15, 0.2) is 0 Å². The van der Waals surface area contributed by atoms with Gasteiger partial charge in [-0.05, 0) is 66.4 Å². The van der Waals surface area contributed by atoms with Gasteiger partial charge in [-0.25, -0.2) is 8.42 Å². The number of benzene rings is 4. The molecule has 7 nitrogen and oxygen atoms in total. The molecular weight excluding hydrogens is 478 g/mol. The molecule has 36 heavy (non-hydrogen) atoms. The van der Waals surface area contributed by atoms with Crippen molar-refractivity contribution in [3.8, 4) is 11.5 Å². The van der Waals surface area contributed by atoms with Crippen molar-refractivity contribution >= 4 is 26.6 Å². The van der Waals surface area contributed by atoms with Crippen LogP contribution in [-0.2, 0) is 14.6 Å². The third kappa shape index (κ3) is 6.41. The first-order valence-electron chi connectivity index (χ1n) is 11.4. The van der Waals surface area contributed by atoms with Crippen LogP contribution >= 0.6 is 0 Å². The van der Waals surface area contributed by atoms with Gasteiger partial charge in [0.1, 0.15) is 11.5 Å². The van der Waals surface area contributed by atoms with Crippen molar-refractivity contribution < 1.29 is 27.8 Å². The maximum atomic E-state index is 13.2. The number of aliphatic carboxylic acids is 1. The van der Waals surface area contributed by atoms with Gasteiger partial charge in [-0.15, -0.1) is 0 Å². The maximum absolute atomic E-state index is 13.2. The van der Waals surface area contributed by atoms with Gasteiger partial charge in [0.2, 0.25) is 16.1 Å². The minimum atomic E-state index is -3.71. The molecule has 0 spiro atoms. The van der Waals surface area contributed by atoms with Crippen LogP contribution in [0.3, 0.4) is 0 Å². The largest absolute Gasteiger partial charge is 0.480 e. The van der Waals surface area contributed by atoms with E-state index in [0.717, 1.165) is 10.8 Å². The quantitative estimate of drug-likeness (QED) is 0.291. The van der Waals surface area contributed by atoms with Gasteiger partial charge in [0, 0.05) is 13.0 Å². The Morgan fingerprint density at radius 2 is 1.39 bits per heavy atom. The predicted molar refractivity (Wildman–Crippen MR) is 137 cm³/mol. The Balaban J connectivity index is 1.50. The second-order valence-corrected chi connectivity index (χ2v) is 10.3. The van der Waals surface area contributed by atoms with Crippen molar-refractivity contribution in [2.24, 2.45) is 0 Å². The van der Waals surface area contributed by atoms with Crippen LogP contribution < -0.4 is 9.47 Å². The van der Waals surface area contributed by atoms with Crippen LogP contribution in [0.15, 0.2) is 107 Å². The Morgan fingerprint density at radius 3 is 2.06 bits per heavy atom. The molecule has 1 N–H and O–H groups in total. The van der Waals surface area contributed by atoms with E-state index in [0.29, 0.717) is 24.5 Å². The molecule has 0 radical (unpaired) electrons. The standard InChI is InChI=1S/C28H27NO6S/c1-29(20-27(30)31)18-17-28(34-23-9-3-2-4-10-23)35-24-12-15-25(16-13-24)36(32,33)26-14-11-21-7-5-6-8-22(21)19-26/h2-16,19,28H,17-18,20H2,1H3,(H,30,31). The number of carboxylic acids is 1. The molecule has 186 valence electrons. The molecule has 0 saturated carbocycles. The Labute approximate surface area is 210 Å². The number of rotatable bonds is 11. The number of carbonyl (C=O) groups is 1. The number of ether oxygens (including phenoxy) is 2. The lowest BCUT2D eigenvalue weighted by molar-refractivity contribution is -0.138. The summed E-state index contributed by atoms with van der Waals surface area (Å²) in [7, 11) is -2.00. The van der Waals surface area contributed by atoms with Crippen LogP contribution in [0, 0.1) is 0 Å². The summed E-state index contributed by atoms with van der Waals surface area (Å²) < 4.78 is 38.4. The van der Waals surface area contributed by atoms with Crippen molar-refractivity contribution in [2.75, 3.05) is 20.1 Å². The minimum Gasteiger partial charge on any atom is -0.480 e. The summed E-state index contributed by atoms with van der Waals surface area (Å²) in [6, 6.07) is 28.1. The molecule has 8 heteroatoms. The summed E-state index contributed by atoms with van der Waals surface area (Å²) in [5.41, 5.74) is 0. The fourth-order valence-corrected chi connectivity index (χ4v) is 5.04. The first-order chi connectivity index (χ1) is 17.3. The summed E-state index contributed by atoms with van der Waals surface area (Å²) in [6.07, 6.45) is -0.304. The summed E-state index contributed by atoms with van der Waals surface area (Å²) >= 11 is 0. The monoisotopic (exact) mass is 505 g/mol. The summed E-state index contributed by atoms with van der Waals surface area (Å²) in [4.78, 5) is 13.0. The zero-order valence-corrected chi connectivity index (χ0v) is 20.6. The molecular formula is C28H27NO6S. The number of likely N-dealkylation sites (N-methyl/N-ethyl adjacent to an activating group) is 1. The first-order valence-corrected chi connectivity index (χ1v) is 12.9. The second kappa shape index (κ2) is 11.2. The molecule has 4 aromatic carbocycles. The number of para-hydroxylation sites is 1. The SMILES string of the molecule is CN(CCC(Oc1ccccc1)Oc1ccc(S(=O)(=O)c2ccc3ccccc3c2)cc1)CC(=O)O. The highest BCUT2D eigenvalue weighted by Crippen LogP contribution is 2.27. The number of hydrogen-bond acceptors (Lipinski definition) is 6. The van der Waals surface area contributed by atoms with Crippen LogP contribution in [0.1, 0.15) is 6.42 Å². The van der Waals surface area contributed by atoms with E-state index in [1.54, 1.807) is 54.4 Å². The number of sulfone groups is 1. The molecule has 1 atom stereocenters. The Morgan fingerprint density at radius 1 is 0.806 bits per heavy atom. The lowest BCUT2D eigenvalue weighted by atomic mass is 10.1. The Bertz CT molecular complexity index is 1420. The Hall–Kier alpha value is -3.88. The molecule has 0 aliphatic heterocycles. The van der Waals surface area contributed by atoms with Gasteiger partial charge in [-0.2, -0.15) is 0 Å². The third-order valence-electron chi connectivity index (χ3n) is 5.60. The van der Waals surface area contributed by atoms with Crippen LogP contribution in [0.25, 0.3) is 10.8 Å². The van der Waals surface area contributed by atoms with Crippen molar-refractivity contribution in [1.29, 1.82) is 0 Å². The zero-order valence-electron chi connectivity index (χ0n) is 19.8. The van der Waals surface area contributed by atoms with Crippen molar-refractivity contribution in [1.82, 2.24) is 4.90 Å². The molecule has 4 aromatic rings. The lowest BCUT2D eigenvalue weighted by Gasteiger charge is -2.23. The number of fused-ring (bicyclic) bond motifs is 1. The molecule has 0 heterocycles. The molecule has 4 rings (SSSR count). The van der Waals surface area contributed by atoms with Crippen LogP contribution in [0.2, 0.25) is 0 Å². The molecule has 0 bridgehead atoms. The van der Waals surface area contributed by atoms with Crippen LogP contribution in [0.4, 0.5) is 0 Å². The van der Waals surface area contributed by atoms with E-state index in [-0.39, 0.29) is 16.3 Å². The highest BCUT2D eigenvalue weighted by molar-refractivity contribution is 7.91. The molecule has 0 fully saturated rings. The van der Waals surface area contributed by atoms with Crippen LogP contribution in [-0.4, -0.2) is 50.8 Å². The van der Waals surface area contributed by atoms with E-state index < -0.39 is 22.1 Å². The summed E-state index contributed by atoms with van der Waals surface area (Å²) in [5.74, 6) is 0.135.